The minimum absolute atomic E-state index is 0.0254. The quantitative estimate of drug-likeness (QED) is 0.558. The summed E-state index contributed by atoms with van der Waals surface area (Å²) in [5.41, 5.74) is 2.74. The molecular formula is C18H20Br2. The lowest BCUT2D eigenvalue weighted by Gasteiger charge is -2.43. The van der Waals surface area contributed by atoms with Gasteiger partial charge in [0.05, 0.1) is 0 Å². The largest absolute Gasteiger partial charge is 0.0609 e. The molecule has 0 spiro atoms. The number of hydrogen-bond acceptors (Lipinski definition) is 0. The fourth-order valence-electron chi connectivity index (χ4n) is 2.48. The Labute approximate surface area is 138 Å². The Bertz CT molecular complexity index is 557. The molecule has 0 amide bonds. The molecule has 0 atom stereocenters. The molecule has 0 nitrogen and oxygen atoms in total. The summed E-state index contributed by atoms with van der Waals surface area (Å²) in [6, 6.07) is 17.2. The standard InChI is InChI=1S/C18H20Br2/c1-17(2,13-7-5-9-15(19)11-13)18(3,4)14-8-6-10-16(20)12-14/h5-12H,1-4H3. The van der Waals surface area contributed by atoms with Crippen LogP contribution in [0.25, 0.3) is 0 Å². The lowest BCUT2D eigenvalue weighted by atomic mass is 9.61. The van der Waals surface area contributed by atoms with Crippen LogP contribution >= 0.6 is 31.9 Å². The van der Waals surface area contributed by atoms with Crippen molar-refractivity contribution in [1.82, 2.24) is 0 Å². The highest BCUT2D eigenvalue weighted by Crippen LogP contribution is 2.44. The summed E-state index contributed by atoms with van der Waals surface area (Å²) in [6.45, 7) is 9.26. The van der Waals surface area contributed by atoms with Crippen molar-refractivity contribution in [3.8, 4) is 0 Å². The van der Waals surface area contributed by atoms with E-state index in [9.17, 15) is 0 Å². The minimum atomic E-state index is 0.0254. The van der Waals surface area contributed by atoms with E-state index < -0.39 is 0 Å². The van der Waals surface area contributed by atoms with E-state index in [0.29, 0.717) is 0 Å². The van der Waals surface area contributed by atoms with Crippen molar-refractivity contribution in [2.75, 3.05) is 0 Å². The molecule has 0 aliphatic rings. The highest BCUT2D eigenvalue weighted by atomic mass is 79.9. The van der Waals surface area contributed by atoms with Gasteiger partial charge in [0.1, 0.15) is 0 Å². The maximum Gasteiger partial charge on any atom is 0.0178 e. The second-order valence-corrected chi connectivity index (χ2v) is 8.10. The molecule has 2 heteroatoms. The van der Waals surface area contributed by atoms with Crippen molar-refractivity contribution in [2.24, 2.45) is 0 Å². The van der Waals surface area contributed by atoms with Crippen molar-refractivity contribution in [2.45, 2.75) is 38.5 Å². The maximum atomic E-state index is 3.58. The van der Waals surface area contributed by atoms with E-state index in [1.54, 1.807) is 0 Å². The normalized spacial score (nSPS) is 12.5. The van der Waals surface area contributed by atoms with E-state index in [1.165, 1.54) is 11.1 Å². The molecule has 2 aromatic carbocycles. The van der Waals surface area contributed by atoms with Crippen LogP contribution in [0.1, 0.15) is 38.8 Å². The van der Waals surface area contributed by atoms with Gasteiger partial charge in [-0.25, -0.2) is 0 Å². The summed E-state index contributed by atoms with van der Waals surface area (Å²) in [6.07, 6.45) is 0. The van der Waals surface area contributed by atoms with Crippen LogP contribution in [0.2, 0.25) is 0 Å². The van der Waals surface area contributed by atoms with Crippen LogP contribution in [0, 0.1) is 0 Å². The topological polar surface area (TPSA) is 0 Å². The van der Waals surface area contributed by atoms with E-state index in [4.69, 9.17) is 0 Å². The van der Waals surface area contributed by atoms with E-state index >= 15 is 0 Å². The first-order valence-electron chi connectivity index (χ1n) is 6.77. The van der Waals surface area contributed by atoms with Gasteiger partial charge in [0.25, 0.3) is 0 Å². The predicted octanol–water partition coefficient (Wildman–Crippen LogP) is 6.47. The number of hydrogen-bond donors (Lipinski definition) is 0. The minimum Gasteiger partial charge on any atom is -0.0609 e. The van der Waals surface area contributed by atoms with Gasteiger partial charge in [0.15, 0.2) is 0 Å². The Morgan fingerprint density at radius 1 is 0.650 bits per heavy atom. The molecule has 2 rings (SSSR count). The Kier molecular flexibility index (Phi) is 4.46. The van der Waals surface area contributed by atoms with Crippen LogP contribution in [0.5, 0.6) is 0 Å². The van der Waals surface area contributed by atoms with Crippen molar-refractivity contribution in [3.05, 3.63) is 68.6 Å². The first-order valence-corrected chi connectivity index (χ1v) is 8.36. The summed E-state index contributed by atoms with van der Waals surface area (Å²) < 4.78 is 2.27. The van der Waals surface area contributed by atoms with Crippen LogP contribution in [0.3, 0.4) is 0 Å². The second kappa shape index (κ2) is 5.65. The van der Waals surface area contributed by atoms with Crippen LogP contribution in [-0.2, 0) is 10.8 Å². The van der Waals surface area contributed by atoms with Gasteiger partial charge in [-0.2, -0.15) is 0 Å². The zero-order valence-corrected chi connectivity index (χ0v) is 15.5. The summed E-state index contributed by atoms with van der Waals surface area (Å²) >= 11 is 7.16. The van der Waals surface area contributed by atoms with E-state index in [2.05, 4.69) is 108 Å². The summed E-state index contributed by atoms with van der Waals surface area (Å²) in [7, 11) is 0. The molecule has 0 heterocycles. The molecule has 0 saturated heterocycles. The van der Waals surface area contributed by atoms with Gasteiger partial charge in [-0.1, -0.05) is 83.8 Å². The molecule has 2 aromatic rings. The average molecular weight is 396 g/mol. The predicted molar refractivity (Wildman–Crippen MR) is 94.3 cm³/mol. The SMILES string of the molecule is CC(C)(c1cccc(Br)c1)C(C)(C)c1cccc(Br)c1. The van der Waals surface area contributed by atoms with Crippen LogP contribution in [0.15, 0.2) is 57.5 Å². The summed E-state index contributed by atoms with van der Waals surface area (Å²) in [4.78, 5) is 0. The molecular weight excluding hydrogens is 376 g/mol. The fraction of sp³-hybridized carbons (Fsp3) is 0.333. The number of rotatable bonds is 3. The van der Waals surface area contributed by atoms with Gasteiger partial charge >= 0.3 is 0 Å². The molecule has 106 valence electrons. The van der Waals surface area contributed by atoms with E-state index in [1.807, 2.05) is 0 Å². The molecule has 0 aliphatic carbocycles. The molecule has 0 aliphatic heterocycles. The maximum absolute atomic E-state index is 3.58. The Morgan fingerprint density at radius 2 is 1.00 bits per heavy atom. The lowest BCUT2D eigenvalue weighted by Crippen LogP contribution is -2.40. The van der Waals surface area contributed by atoms with Gasteiger partial charge in [-0.05, 0) is 46.2 Å². The summed E-state index contributed by atoms with van der Waals surface area (Å²) in [5, 5.41) is 0. The Morgan fingerprint density at radius 3 is 1.30 bits per heavy atom. The second-order valence-electron chi connectivity index (χ2n) is 6.27. The highest BCUT2D eigenvalue weighted by molar-refractivity contribution is 9.10. The van der Waals surface area contributed by atoms with Crippen molar-refractivity contribution in [3.63, 3.8) is 0 Å². The summed E-state index contributed by atoms with van der Waals surface area (Å²) in [5.74, 6) is 0. The zero-order chi connectivity index (χ0) is 15.0. The van der Waals surface area contributed by atoms with Crippen molar-refractivity contribution < 1.29 is 0 Å². The van der Waals surface area contributed by atoms with Crippen molar-refractivity contribution >= 4 is 31.9 Å². The van der Waals surface area contributed by atoms with Gasteiger partial charge in [-0.3, -0.25) is 0 Å². The Balaban J connectivity index is 2.51. The van der Waals surface area contributed by atoms with Gasteiger partial charge in [-0.15, -0.1) is 0 Å². The monoisotopic (exact) mass is 394 g/mol. The average Bonchev–Trinajstić information content (AvgIpc) is 2.38. The molecule has 20 heavy (non-hydrogen) atoms. The third-order valence-corrected chi connectivity index (χ3v) is 5.64. The van der Waals surface area contributed by atoms with Crippen molar-refractivity contribution in [1.29, 1.82) is 0 Å². The first-order chi connectivity index (χ1) is 9.25. The van der Waals surface area contributed by atoms with Gasteiger partial charge < -0.3 is 0 Å². The molecule has 0 fully saturated rings. The molecule has 0 unspecified atom stereocenters. The van der Waals surface area contributed by atoms with E-state index in [-0.39, 0.29) is 10.8 Å². The molecule has 0 N–H and O–H groups in total. The van der Waals surface area contributed by atoms with Crippen LogP contribution in [0.4, 0.5) is 0 Å². The smallest absolute Gasteiger partial charge is 0.0178 e. The molecule has 0 bridgehead atoms. The van der Waals surface area contributed by atoms with E-state index in [0.717, 1.165) is 8.95 Å². The third-order valence-electron chi connectivity index (χ3n) is 4.66. The molecule has 0 aromatic heterocycles. The van der Waals surface area contributed by atoms with Crippen LogP contribution < -0.4 is 0 Å². The zero-order valence-electron chi connectivity index (χ0n) is 12.4. The first kappa shape index (κ1) is 15.8. The van der Waals surface area contributed by atoms with Gasteiger partial charge in [0.2, 0.25) is 0 Å². The van der Waals surface area contributed by atoms with Crippen LogP contribution in [-0.4, -0.2) is 0 Å². The third kappa shape index (κ3) is 2.87. The number of halogens is 2. The Hall–Kier alpha value is -0.600. The van der Waals surface area contributed by atoms with Gasteiger partial charge in [0, 0.05) is 8.95 Å². The molecule has 0 radical (unpaired) electrons. The highest BCUT2D eigenvalue weighted by Gasteiger charge is 2.39. The lowest BCUT2D eigenvalue weighted by molar-refractivity contribution is 0.302. The fourth-order valence-corrected chi connectivity index (χ4v) is 3.27. The molecule has 0 saturated carbocycles. The number of benzene rings is 2.